The molecule has 0 aliphatic carbocycles. The van der Waals surface area contributed by atoms with Gasteiger partial charge in [-0.3, -0.25) is 10.1 Å². The maximum Gasteiger partial charge on any atom is 0.335 e. The minimum absolute atomic E-state index is 0.132. The molecule has 0 saturated carbocycles. The maximum absolute atomic E-state index is 11.8. The molecule has 12 nitrogen and oxygen atoms in total. The maximum atomic E-state index is 11.8. The zero-order chi connectivity index (χ0) is 41.5. The van der Waals surface area contributed by atoms with Gasteiger partial charge in [-0.15, -0.1) is 0 Å². The summed E-state index contributed by atoms with van der Waals surface area (Å²) >= 11 is 0. The van der Waals surface area contributed by atoms with Gasteiger partial charge in [0.1, 0.15) is 22.7 Å². The molecule has 0 radical (unpaired) electrons. The van der Waals surface area contributed by atoms with Gasteiger partial charge in [0.15, 0.2) is 0 Å². The Morgan fingerprint density at radius 1 is 0.567 bits per heavy atom. The number of carbonyl (C=O) groups is 4. The van der Waals surface area contributed by atoms with Crippen molar-refractivity contribution in [3.63, 3.8) is 0 Å². The number of carbonyl (C=O) groups excluding carboxylic acids is 1. The number of aliphatic imine (C=N–C) groups is 1. The lowest BCUT2D eigenvalue weighted by molar-refractivity contribution is -0.537. The van der Waals surface area contributed by atoms with E-state index in [-0.39, 0.29) is 16.7 Å². The molecule has 5 aromatic rings. The minimum atomic E-state index is -1.05. The number of fused-ring (bicyclic) bond motifs is 6. The number of carboxylic acid groups (broad SMARTS) is 3. The number of rotatable bonds is 9. The number of nitrogens with one attached hydrogen (secondary N) is 2. The molecule has 0 saturated heterocycles. The second-order valence-electron chi connectivity index (χ2n) is 14.1. The van der Waals surface area contributed by atoms with Crippen LogP contribution in [0.15, 0.2) is 173 Å². The Morgan fingerprint density at radius 2 is 1.05 bits per heavy atom. The first kappa shape index (κ1) is 37.1. The summed E-state index contributed by atoms with van der Waals surface area (Å²) in [5.41, 5.74) is 10.8. The van der Waals surface area contributed by atoms with Crippen LogP contribution in [0.4, 0.5) is 0 Å². The number of hydrogen-bond acceptors (Lipinski definition) is 6. The molecule has 5 heterocycles. The van der Waals surface area contributed by atoms with Crippen molar-refractivity contribution in [1.29, 1.82) is 0 Å². The summed E-state index contributed by atoms with van der Waals surface area (Å²) in [6, 6.07) is 30.9. The van der Waals surface area contributed by atoms with Crippen LogP contribution in [0.3, 0.4) is 0 Å². The summed E-state index contributed by atoms with van der Waals surface area (Å²) in [5.74, 6) is -2.75. The third-order valence-electron chi connectivity index (χ3n) is 10.5. The number of hydrogen-bond donors (Lipinski definition) is 6. The second-order valence-corrected chi connectivity index (χ2v) is 14.1. The molecule has 8 bridgehead atoms. The highest BCUT2D eigenvalue weighted by Gasteiger charge is 2.32. The molecule has 60 heavy (non-hydrogen) atoms. The third-order valence-corrected chi connectivity index (χ3v) is 10.5. The summed E-state index contributed by atoms with van der Waals surface area (Å²) < 4.78 is 5.10. The number of aromatic carboxylic acids is 3. The third kappa shape index (κ3) is 6.84. The van der Waals surface area contributed by atoms with E-state index in [9.17, 15) is 34.5 Å². The summed E-state index contributed by atoms with van der Waals surface area (Å²) in [6.07, 6.45) is 11.7. The van der Waals surface area contributed by atoms with Crippen molar-refractivity contribution < 1.29 is 49.5 Å². The van der Waals surface area contributed by atoms with Gasteiger partial charge < -0.3 is 25.0 Å². The highest BCUT2D eigenvalue weighted by atomic mass is 16.5. The van der Waals surface area contributed by atoms with Gasteiger partial charge >= 0.3 is 17.9 Å². The number of aromatic amines is 1. The van der Waals surface area contributed by atoms with Crippen molar-refractivity contribution in [2.45, 2.75) is 0 Å². The Morgan fingerprint density at radius 3 is 1.60 bits per heavy atom. The molecule has 4 aromatic carbocycles. The van der Waals surface area contributed by atoms with Gasteiger partial charge in [0.2, 0.25) is 11.4 Å². The molecule has 4 aliphatic heterocycles. The van der Waals surface area contributed by atoms with Crippen LogP contribution < -0.4 is 25.7 Å². The average Bonchev–Trinajstić information content (AvgIpc) is 4.10. The quantitative estimate of drug-likeness (QED) is 0.122. The van der Waals surface area contributed by atoms with Crippen molar-refractivity contribution in [3.8, 4) is 5.75 Å². The largest absolute Gasteiger partial charge is 0.478 e. The van der Waals surface area contributed by atoms with E-state index in [4.69, 9.17) is 9.73 Å². The lowest BCUT2D eigenvalue weighted by atomic mass is 9.98. The number of nitrogens with zero attached hydrogens (tertiary/aromatic N) is 1. The fourth-order valence-electron chi connectivity index (χ4n) is 7.70. The molecule has 7 N–H and O–H groups in total. The first-order chi connectivity index (χ1) is 29.1. The Bertz CT molecular complexity index is 3080. The van der Waals surface area contributed by atoms with Crippen molar-refractivity contribution in [3.05, 3.63) is 218 Å². The number of aromatic nitrogens is 1. The molecule has 12 heteroatoms. The standard InChI is InChI=1S/C48H30N4O8/c53-25-60-33-15-13-29(14-16-33)45-40-23-21-38(51-40)43(27-3-9-31(10-4-27)47(56)57)36-19-17-34(49-36)42(26-1-7-30(8-2-26)46(54)55)35-18-20-37(50-35)44(39-22-24-41(45)52-39)28-5-11-32(12-6-28)48(58)59/h1-25,49,52H,(H,54,55)(H,56,57)(H,58,59)/p+2. The fraction of sp³-hybridized carbons (Fsp3) is 0. The van der Waals surface area contributed by atoms with E-state index < -0.39 is 17.9 Å². The monoisotopic (exact) mass is 792 g/mol. The highest BCUT2D eigenvalue weighted by molar-refractivity contribution is 6.31. The van der Waals surface area contributed by atoms with Crippen LogP contribution in [0.5, 0.6) is 5.75 Å². The van der Waals surface area contributed by atoms with Crippen LogP contribution in [-0.4, -0.2) is 56.1 Å². The van der Waals surface area contributed by atoms with Crippen molar-refractivity contribution >= 4 is 58.1 Å². The van der Waals surface area contributed by atoms with Crippen LogP contribution in [0.2, 0.25) is 0 Å². The van der Waals surface area contributed by atoms with E-state index in [1.54, 1.807) is 84.9 Å². The second kappa shape index (κ2) is 15.1. The SMILES string of the molecule is O=COc1ccc(C2=C3C=CC(=[NH+]3)C(c3ccc(C(=O)O)cc3)=c3ccc([nH]3)=C(c3ccc(C(=O)O)cc3)C3=NC(=C(c4ccc(C(=O)O)cc4)C4=CC=C2[NH2+]4)C=C3)cc1. The summed E-state index contributed by atoms with van der Waals surface area (Å²) in [4.78, 5) is 59.1. The lowest BCUT2D eigenvalue weighted by Crippen LogP contribution is -2.79. The van der Waals surface area contributed by atoms with E-state index in [0.717, 1.165) is 56.2 Å². The van der Waals surface area contributed by atoms with Crippen molar-refractivity contribution in [2.75, 3.05) is 0 Å². The molecule has 0 spiro atoms. The van der Waals surface area contributed by atoms with E-state index in [1.165, 1.54) is 0 Å². The fourth-order valence-corrected chi connectivity index (χ4v) is 7.70. The summed E-state index contributed by atoms with van der Waals surface area (Å²) in [7, 11) is 0. The molecule has 0 amide bonds. The molecule has 0 atom stereocenters. The number of H-pyrrole nitrogens is 1. The predicted octanol–water partition coefficient (Wildman–Crippen LogP) is 3.33. The van der Waals surface area contributed by atoms with Gasteiger partial charge in [0, 0.05) is 35.2 Å². The lowest BCUT2D eigenvalue weighted by Gasteiger charge is -2.13. The Labute approximate surface area is 340 Å². The van der Waals surface area contributed by atoms with Crippen LogP contribution >= 0.6 is 0 Å². The van der Waals surface area contributed by atoms with Gasteiger partial charge in [0.05, 0.1) is 44.6 Å². The van der Waals surface area contributed by atoms with E-state index in [1.807, 2.05) is 66.0 Å². The first-order valence-corrected chi connectivity index (χ1v) is 18.7. The Balaban J connectivity index is 1.35. The van der Waals surface area contributed by atoms with Crippen molar-refractivity contribution in [2.24, 2.45) is 4.99 Å². The van der Waals surface area contributed by atoms with Gasteiger partial charge in [-0.1, -0.05) is 48.5 Å². The summed E-state index contributed by atoms with van der Waals surface area (Å²) in [5, 5.41) is 32.5. The number of quaternary nitrogens is 1. The van der Waals surface area contributed by atoms with Crippen LogP contribution in [0.25, 0.3) is 22.3 Å². The molecule has 1 aromatic heterocycles. The van der Waals surface area contributed by atoms with Crippen LogP contribution in [0.1, 0.15) is 53.3 Å². The Hall–Kier alpha value is -8.48. The number of carboxylic acids is 3. The van der Waals surface area contributed by atoms with Crippen LogP contribution in [0, 0.1) is 0 Å². The number of nitrogens with two attached hydrogens (primary N) is 1. The predicted molar refractivity (Wildman–Crippen MR) is 222 cm³/mol. The van der Waals surface area contributed by atoms with Crippen LogP contribution in [-0.2, 0) is 4.79 Å². The Kier molecular flexibility index (Phi) is 9.35. The smallest absolute Gasteiger partial charge is 0.335 e. The van der Waals surface area contributed by atoms with E-state index in [0.29, 0.717) is 45.5 Å². The average molecular weight is 793 g/mol. The van der Waals surface area contributed by atoms with E-state index in [2.05, 4.69) is 9.98 Å². The minimum Gasteiger partial charge on any atom is -0.478 e. The molecular formula is C48H32N4O8+2. The molecule has 290 valence electrons. The molecule has 0 unspecified atom stereocenters. The topological polar surface area (TPSA) is 197 Å². The molecular weight excluding hydrogens is 761 g/mol. The molecule has 9 rings (SSSR count). The van der Waals surface area contributed by atoms with Gasteiger partial charge in [-0.25, -0.2) is 24.4 Å². The molecule has 4 aliphatic rings. The number of allylic oxidation sites excluding steroid dienone is 8. The van der Waals surface area contributed by atoms with Crippen molar-refractivity contribution in [1.82, 2.24) is 4.98 Å². The van der Waals surface area contributed by atoms with Gasteiger partial charge in [-0.2, -0.15) is 0 Å². The number of ether oxygens (including phenoxy) is 1. The number of benzene rings is 4. The van der Waals surface area contributed by atoms with Gasteiger partial charge in [0.25, 0.3) is 6.47 Å². The van der Waals surface area contributed by atoms with Gasteiger partial charge in [-0.05, 0) is 95.1 Å². The highest BCUT2D eigenvalue weighted by Crippen LogP contribution is 2.34. The van der Waals surface area contributed by atoms with E-state index >= 15 is 0 Å². The summed E-state index contributed by atoms with van der Waals surface area (Å²) in [6.45, 7) is 0.376. The molecule has 0 fully saturated rings. The zero-order valence-electron chi connectivity index (χ0n) is 31.3. The normalized spacial score (nSPS) is 15.5. The zero-order valence-corrected chi connectivity index (χ0v) is 31.3. The first-order valence-electron chi connectivity index (χ1n) is 18.7.